The Kier molecular flexibility index (Phi) is 3.00. The van der Waals surface area contributed by atoms with E-state index in [0.29, 0.717) is 5.75 Å². The molecule has 1 aromatic carbocycles. The van der Waals surface area contributed by atoms with Crippen molar-refractivity contribution in [3.8, 4) is 5.75 Å². The van der Waals surface area contributed by atoms with Crippen LogP contribution in [0.2, 0.25) is 0 Å². The molecule has 0 heterocycles. The van der Waals surface area contributed by atoms with E-state index in [1.54, 1.807) is 6.07 Å². The van der Waals surface area contributed by atoms with Gasteiger partial charge in [-0.3, -0.25) is 0 Å². The Morgan fingerprint density at radius 1 is 1.35 bits per heavy atom. The molecule has 0 spiro atoms. The first kappa shape index (κ1) is 12.2. The molecule has 3 atom stereocenters. The molecule has 2 N–H and O–H groups in total. The van der Waals surface area contributed by atoms with Crippen LogP contribution in [0.5, 0.6) is 5.75 Å². The van der Waals surface area contributed by atoms with E-state index in [2.05, 4.69) is 6.58 Å². The lowest BCUT2D eigenvalue weighted by molar-refractivity contribution is 0.125. The topological polar surface area (TPSA) is 40.5 Å². The van der Waals surface area contributed by atoms with Crippen LogP contribution in [0.1, 0.15) is 48.8 Å². The molecular weight excluding hydrogens is 212 g/mol. The van der Waals surface area contributed by atoms with Gasteiger partial charge in [0.2, 0.25) is 0 Å². The Labute approximate surface area is 103 Å². The maximum atomic E-state index is 10.1. The molecule has 0 radical (unpaired) electrons. The molecule has 1 aromatic rings. The molecule has 0 aliphatic heterocycles. The van der Waals surface area contributed by atoms with E-state index in [1.165, 1.54) is 5.56 Å². The number of aryl methyl sites for hydroxylation is 1. The minimum Gasteiger partial charge on any atom is -0.508 e. The number of phenolic OH excluding ortho intramolecular Hbond substituents is 1. The number of aromatic hydroxyl groups is 1. The number of benzene rings is 1. The third kappa shape index (κ3) is 1.98. The molecule has 0 unspecified atom stereocenters. The number of phenols is 1. The van der Waals surface area contributed by atoms with Crippen LogP contribution in [-0.2, 0) is 0 Å². The summed E-state index contributed by atoms with van der Waals surface area (Å²) in [5.41, 5.74) is 4.23. The molecule has 0 aromatic heterocycles. The van der Waals surface area contributed by atoms with E-state index in [1.807, 2.05) is 26.8 Å². The molecule has 1 aliphatic rings. The summed E-state index contributed by atoms with van der Waals surface area (Å²) < 4.78 is 0. The molecule has 0 bridgehead atoms. The van der Waals surface area contributed by atoms with Gasteiger partial charge in [0, 0.05) is 11.8 Å². The second-order valence-electron chi connectivity index (χ2n) is 5.26. The van der Waals surface area contributed by atoms with Crippen molar-refractivity contribution in [3.63, 3.8) is 0 Å². The summed E-state index contributed by atoms with van der Waals surface area (Å²) in [6.45, 7) is 9.93. The van der Waals surface area contributed by atoms with Crippen LogP contribution >= 0.6 is 0 Å². The third-order valence-corrected chi connectivity index (χ3v) is 3.92. The predicted molar refractivity (Wildman–Crippen MR) is 69.4 cm³/mol. The molecule has 1 aliphatic carbocycles. The van der Waals surface area contributed by atoms with Gasteiger partial charge in [-0.2, -0.15) is 0 Å². The fourth-order valence-electron chi connectivity index (χ4n) is 2.68. The van der Waals surface area contributed by atoms with Crippen LogP contribution < -0.4 is 0 Å². The van der Waals surface area contributed by atoms with Gasteiger partial charge in [0.15, 0.2) is 0 Å². The lowest BCUT2D eigenvalue weighted by atomic mass is 9.73. The molecule has 0 fully saturated rings. The highest BCUT2D eigenvalue weighted by Gasteiger charge is 2.32. The molecule has 2 heteroatoms. The highest BCUT2D eigenvalue weighted by molar-refractivity contribution is 5.48. The van der Waals surface area contributed by atoms with Gasteiger partial charge in [-0.05, 0) is 43.0 Å². The fourth-order valence-corrected chi connectivity index (χ4v) is 2.68. The summed E-state index contributed by atoms with van der Waals surface area (Å²) in [6, 6.07) is 3.83. The Morgan fingerprint density at radius 3 is 2.59 bits per heavy atom. The molecule has 2 rings (SSSR count). The van der Waals surface area contributed by atoms with E-state index in [9.17, 15) is 10.2 Å². The standard InChI is InChI=1S/C15H20O2/c1-8(2)11-6-15(17)10(4)12-7-14(16)9(3)5-13(11)12/h5,7,10-11,15-17H,1,6H2,2-4H3/t10-,11+,15-/m1/s1. The zero-order chi connectivity index (χ0) is 12.7. The van der Waals surface area contributed by atoms with Crippen molar-refractivity contribution in [3.05, 3.63) is 41.0 Å². The lowest BCUT2D eigenvalue weighted by Crippen LogP contribution is -2.26. The Morgan fingerprint density at radius 2 is 2.00 bits per heavy atom. The molecule has 92 valence electrons. The monoisotopic (exact) mass is 232 g/mol. The summed E-state index contributed by atoms with van der Waals surface area (Å²) in [5.74, 6) is 0.591. The quantitative estimate of drug-likeness (QED) is 0.730. The summed E-state index contributed by atoms with van der Waals surface area (Å²) in [6.07, 6.45) is 0.375. The SMILES string of the molecule is C=C(C)[C@@H]1C[C@@H](O)[C@H](C)c2cc(O)c(C)cc21. The van der Waals surface area contributed by atoms with Crippen LogP contribution in [-0.4, -0.2) is 16.3 Å². The van der Waals surface area contributed by atoms with E-state index >= 15 is 0 Å². The van der Waals surface area contributed by atoms with Crippen LogP contribution in [0.4, 0.5) is 0 Å². The van der Waals surface area contributed by atoms with E-state index < -0.39 is 0 Å². The number of hydrogen-bond acceptors (Lipinski definition) is 2. The lowest BCUT2D eigenvalue weighted by Gasteiger charge is -2.34. The molecule has 0 amide bonds. The minimum atomic E-state index is -0.355. The van der Waals surface area contributed by atoms with Gasteiger partial charge < -0.3 is 10.2 Å². The van der Waals surface area contributed by atoms with Crippen molar-refractivity contribution in [1.29, 1.82) is 0 Å². The van der Waals surface area contributed by atoms with Crippen LogP contribution in [0.3, 0.4) is 0 Å². The Balaban J connectivity index is 2.60. The van der Waals surface area contributed by atoms with E-state index in [0.717, 1.165) is 23.1 Å². The van der Waals surface area contributed by atoms with Crippen LogP contribution in [0.15, 0.2) is 24.3 Å². The normalized spacial score (nSPS) is 27.6. The number of rotatable bonds is 1. The molecule has 2 nitrogen and oxygen atoms in total. The van der Waals surface area contributed by atoms with Gasteiger partial charge in [0.1, 0.15) is 5.75 Å². The van der Waals surface area contributed by atoms with E-state index in [4.69, 9.17) is 0 Å². The average molecular weight is 232 g/mol. The molecule has 0 saturated carbocycles. The van der Waals surface area contributed by atoms with Crippen molar-refractivity contribution < 1.29 is 10.2 Å². The predicted octanol–water partition coefficient (Wildman–Crippen LogP) is 3.23. The van der Waals surface area contributed by atoms with Gasteiger partial charge in [0.25, 0.3) is 0 Å². The van der Waals surface area contributed by atoms with Crippen molar-refractivity contribution in [2.75, 3.05) is 0 Å². The van der Waals surface area contributed by atoms with Crippen molar-refractivity contribution in [2.24, 2.45) is 0 Å². The van der Waals surface area contributed by atoms with Crippen molar-refractivity contribution in [2.45, 2.75) is 45.1 Å². The highest BCUT2D eigenvalue weighted by Crippen LogP contribution is 2.43. The van der Waals surface area contributed by atoms with Gasteiger partial charge in [-0.15, -0.1) is 0 Å². The number of hydrogen-bond donors (Lipinski definition) is 2. The van der Waals surface area contributed by atoms with Gasteiger partial charge in [-0.25, -0.2) is 0 Å². The summed E-state index contributed by atoms with van der Waals surface area (Å²) in [7, 11) is 0. The van der Waals surface area contributed by atoms with Crippen LogP contribution in [0, 0.1) is 6.92 Å². The summed E-state index contributed by atoms with van der Waals surface area (Å²) >= 11 is 0. The first-order chi connectivity index (χ1) is 7.91. The summed E-state index contributed by atoms with van der Waals surface area (Å²) in [5, 5.41) is 19.9. The van der Waals surface area contributed by atoms with E-state index in [-0.39, 0.29) is 17.9 Å². The zero-order valence-electron chi connectivity index (χ0n) is 10.7. The first-order valence-electron chi connectivity index (χ1n) is 6.08. The Hall–Kier alpha value is -1.28. The second kappa shape index (κ2) is 4.19. The van der Waals surface area contributed by atoms with Crippen molar-refractivity contribution in [1.82, 2.24) is 0 Å². The van der Waals surface area contributed by atoms with Gasteiger partial charge in [0.05, 0.1) is 6.10 Å². The largest absolute Gasteiger partial charge is 0.508 e. The summed E-state index contributed by atoms with van der Waals surface area (Å²) in [4.78, 5) is 0. The number of aliphatic hydroxyl groups excluding tert-OH is 1. The zero-order valence-corrected chi connectivity index (χ0v) is 10.7. The number of fused-ring (bicyclic) bond motifs is 1. The highest BCUT2D eigenvalue weighted by atomic mass is 16.3. The maximum absolute atomic E-state index is 10.1. The molecular formula is C15H20O2. The third-order valence-electron chi connectivity index (χ3n) is 3.92. The van der Waals surface area contributed by atoms with Crippen molar-refractivity contribution >= 4 is 0 Å². The van der Waals surface area contributed by atoms with Crippen LogP contribution in [0.25, 0.3) is 0 Å². The van der Waals surface area contributed by atoms with Gasteiger partial charge >= 0.3 is 0 Å². The Bertz CT molecular complexity index is 462. The minimum absolute atomic E-state index is 0.0760. The average Bonchev–Trinajstić information content (AvgIpc) is 2.26. The van der Waals surface area contributed by atoms with Gasteiger partial charge in [-0.1, -0.05) is 25.1 Å². The first-order valence-corrected chi connectivity index (χ1v) is 6.08. The molecule has 0 saturated heterocycles. The fraction of sp³-hybridized carbons (Fsp3) is 0.467. The smallest absolute Gasteiger partial charge is 0.118 e. The second-order valence-corrected chi connectivity index (χ2v) is 5.26. The number of allylic oxidation sites excluding steroid dienone is 1. The number of aliphatic hydroxyl groups is 1. The molecule has 17 heavy (non-hydrogen) atoms. The maximum Gasteiger partial charge on any atom is 0.118 e.